The molecule has 0 saturated carbocycles. The van der Waals surface area contributed by atoms with E-state index >= 15 is 0 Å². The number of carbonyl (C=O) groups is 4. The molecule has 0 atom stereocenters. The lowest BCUT2D eigenvalue weighted by molar-refractivity contribution is -0.116. The summed E-state index contributed by atoms with van der Waals surface area (Å²) in [5.41, 5.74) is 0.401. The number of benzene rings is 1. The Bertz CT molecular complexity index is 965. The highest BCUT2D eigenvalue weighted by Crippen LogP contribution is 2.31. The molecule has 28 heavy (non-hydrogen) atoms. The minimum absolute atomic E-state index is 0.115. The number of nitrogens with one attached hydrogen (secondary N) is 2. The fraction of sp³-hybridized carbons (Fsp3) is 0.211. The van der Waals surface area contributed by atoms with E-state index < -0.39 is 17.5 Å². The standard InChI is InChI=1S/C19H17N3O5S/c1-20-19(26)16-15-17(25)13(10-12(23)18(15)27-22-16)28-9-5-8-14(24)21-11-6-3-2-4-7-11/h2-4,6-7,10H,5,8-9H2,1H3,(H,20,26)(H,21,24). The molecule has 0 bridgehead atoms. The number of hydrogen-bond acceptors (Lipinski definition) is 7. The third kappa shape index (κ3) is 4.20. The molecular weight excluding hydrogens is 382 g/mol. The van der Waals surface area contributed by atoms with Gasteiger partial charge in [-0.1, -0.05) is 23.4 Å². The number of fused-ring (bicyclic) bond motifs is 1. The Balaban J connectivity index is 1.56. The first-order chi connectivity index (χ1) is 13.5. The third-order valence-electron chi connectivity index (χ3n) is 3.93. The van der Waals surface area contributed by atoms with Gasteiger partial charge in [-0.2, -0.15) is 0 Å². The van der Waals surface area contributed by atoms with Gasteiger partial charge in [0.1, 0.15) is 5.56 Å². The maximum Gasteiger partial charge on any atom is 0.274 e. The topological polar surface area (TPSA) is 118 Å². The molecule has 144 valence electrons. The molecule has 1 aromatic heterocycles. The number of allylic oxidation sites excluding steroid dienone is 2. The quantitative estimate of drug-likeness (QED) is 0.687. The van der Waals surface area contributed by atoms with Crippen molar-refractivity contribution in [3.05, 3.63) is 58.3 Å². The smallest absolute Gasteiger partial charge is 0.274 e. The Hall–Kier alpha value is -3.20. The number of rotatable bonds is 7. The van der Waals surface area contributed by atoms with Crippen LogP contribution in [0.5, 0.6) is 0 Å². The monoisotopic (exact) mass is 399 g/mol. The van der Waals surface area contributed by atoms with Crippen molar-refractivity contribution in [2.45, 2.75) is 12.8 Å². The Labute approximate surface area is 164 Å². The predicted octanol–water partition coefficient (Wildman–Crippen LogP) is 2.45. The van der Waals surface area contributed by atoms with E-state index in [9.17, 15) is 19.2 Å². The SMILES string of the molecule is CNC(=O)c1noc2c1C(=O)C(SCCCC(=O)Nc1ccccc1)=CC2=O. The van der Waals surface area contributed by atoms with Crippen molar-refractivity contribution < 1.29 is 23.7 Å². The van der Waals surface area contributed by atoms with Crippen LogP contribution in [0.15, 0.2) is 45.8 Å². The van der Waals surface area contributed by atoms with Crippen molar-refractivity contribution in [3.8, 4) is 0 Å². The van der Waals surface area contributed by atoms with Crippen LogP contribution < -0.4 is 10.6 Å². The normalized spacial score (nSPS) is 13.0. The number of Topliss-reactive ketones (excluding diaryl/α,β-unsaturated/α-hetero) is 1. The molecule has 0 aliphatic heterocycles. The molecule has 0 unspecified atom stereocenters. The van der Waals surface area contributed by atoms with E-state index in [1.807, 2.05) is 18.2 Å². The van der Waals surface area contributed by atoms with Gasteiger partial charge in [-0.15, -0.1) is 11.8 Å². The summed E-state index contributed by atoms with van der Waals surface area (Å²) in [6.07, 6.45) is 1.97. The van der Waals surface area contributed by atoms with E-state index in [1.54, 1.807) is 12.1 Å². The average molecular weight is 399 g/mol. The number of para-hydroxylation sites is 1. The highest BCUT2D eigenvalue weighted by Gasteiger charge is 2.35. The summed E-state index contributed by atoms with van der Waals surface area (Å²) in [5.74, 6) is -1.49. The van der Waals surface area contributed by atoms with Crippen LogP contribution in [0, 0.1) is 0 Å². The largest absolute Gasteiger partial charge is 0.354 e. The molecule has 1 aliphatic carbocycles. The van der Waals surface area contributed by atoms with Crippen LogP contribution in [0.1, 0.15) is 44.2 Å². The van der Waals surface area contributed by atoms with Crippen LogP contribution in [-0.4, -0.2) is 41.3 Å². The average Bonchev–Trinajstić information content (AvgIpc) is 3.15. The molecule has 8 nitrogen and oxygen atoms in total. The van der Waals surface area contributed by atoms with Gasteiger partial charge in [-0.05, 0) is 24.3 Å². The summed E-state index contributed by atoms with van der Waals surface area (Å²) in [6, 6.07) is 9.11. The molecule has 0 saturated heterocycles. The van der Waals surface area contributed by atoms with E-state index in [2.05, 4.69) is 15.8 Å². The maximum atomic E-state index is 12.6. The Kier molecular flexibility index (Phi) is 6.05. The minimum Gasteiger partial charge on any atom is -0.354 e. The molecular formula is C19H17N3O5S. The van der Waals surface area contributed by atoms with Crippen LogP contribution in [0.4, 0.5) is 5.69 Å². The number of thioether (sulfide) groups is 1. The van der Waals surface area contributed by atoms with Gasteiger partial charge in [0.25, 0.3) is 5.91 Å². The van der Waals surface area contributed by atoms with Gasteiger partial charge in [0.15, 0.2) is 5.69 Å². The second-order valence-corrected chi connectivity index (χ2v) is 7.02. The van der Waals surface area contributed by atoms with Crippen molar-refractivity contribution >= 4 is 40.8 Å². The lowest BCUT2D eigenvalue weighted by Crippen LogP contribution is -2.23. The molecule has 2 amide bonds. The van der Waals surface area contributed by atoms with Crippen LogP contribution >= 0.6 is 11.8 Å². The molecule has 3 rings (SSSR count). The highest BCUT2D eigenvalue weighted by atomic mass is 32.2. The van der Waals surface area contributed by atoms with Crippen molar-refractivity contribution in [3.63, 3.8) is 0 Å². The number of nitrogens with zero attached hydrogens (tertiary/aromatic N) is 1. The summed E-state index contributed by atoms with van der Waals surface area (Å²) < 4.78 is 4.87. The summed E-state index contributed by atoms with van der Waals surface area (Å²) in [5, 5.41) is 8.68. The van der Waals surface area contributed by atoms with Gasteiger partial charge in [-0.25, -0.2) is 0 Å². The Morgan fingerprint density at radius 3 is 2.64 bits per heavy atom. The summed E-state index contributed by atoms with van der Waals surface area (Å²) in [6.45, 7) is 0. The molecule has 1 aliphatic rings. The number of carbonyl (C=O) groups excluding carboxylic acids is 4. The molecule has 9 heteroatoms. The zero-order valence-electron chi connectivity index (χ0n) is 15.0. The molecule has 2 aromatic rings. The van der Waals surface area contributed by atoms with Gasteiger partial charge >= 0.3 is 0 Å². The summed E-state index contributed by atoms with van der Waals surface area (Å²) in [4.78, 5) is 48.7. The number of amides is 2. The van der Waals surface area contributed by atoms with Crippen molar-refractivity contribution in [1.29, 1.82) is 0 Å². The van der Waals surface area contributed by atoms with Gasteiger partial charge in [0, 0.05) is 25.2 Å². The maximum absolute atomic E-state index is 12.6. The fourth-order valence-electron chi connectivity index (χ4n) is 2.58. The van der Waals surface area contributed by atoms with E-state index in [-0.39, 0.29) is 34.3 Å². The van der Waals surface area contributed by atoms with Crippen LogP contribution in [0.2, 0.25) is 0 Å². The first-order valence-electron chi connectivity index (χ1n) is 8.51. The first kappa shape index (κ1) is 19.6. The third-order valence-corrected chi connectivity index (χ3v) is 5.04. The van der Waals surface area contributed by atoms with Crippen LogP contribution in [0.3, 0.4) is 0 Å². The van der Waals surface area contributed by atoms with Gasteiger partial charge < -0.3 is 15.2 Å². The Morgan fingerprint density at radius 1 is 1.18 bits per heavy atom. The van der Waals surface area contributed by atoms with Gasteiger partial charge in [0.2, 0.25) is 23.2 Å². The number of aromatic nitrogens is 1. The summed E-state index contributed by atoms with van der Waals surface area (Å²) >= 11 is 1.16. The fourth-order valence-corrected chi connectivity index (χ4v) is 3.51. The van der Waals surface area contributed by atoms with Gasteiger partial charge in [-0.3, -0.25) is 19.2 Å². The molecule has 0 fully saturated rings. The lowest BCUT2D eigenvalue weighted by Gasteiger charge is -2.10. The summed E-state index contributed by atoms with van der Waals surface area (Å²) in [7, 11) is 1.39. The molecule has 0 spiro atoms. The van der Waals surface area contributed by atoms with Crippen LogP contribution in [-0.2, 0) is 4.79 Å². The Morgan fingerprint density at radius 2 is 1.93 bits per heavy atom. The van der Waals surface area contributed by atoms with Crippen molar-refractivity contribution in [2.24, 2.45) is 0 Å². The zero-order chi connectivity index (χ0) is 20.1. The predicted molar refractivity (Wildman–Crippen MR) is 103 cm³/mol. The number of anilines is 1. The lowest BCUT2D eigenvalue weighted by atomic mass is 10.00. The molecule has 1 aromatic carbocycles. The van der Waals surface area contributed by atoms with E-state index in [0.717, 1.165) is 17.4 Å². The number of ketones is 2. The second-order valence-electron chi connectivity index (χ2n) is 5.88. The van der Waals surface area contributed by atoms with Crippen molar-refractivity contribution in [1.82, 2.24) is 10.5 Å². The highest BCUT2D eigenvalue weighted by molar-refractivity contribution is 8.04. The molecule has 0 radical (unpaired) electrons. The number of hydrogen-bond donors (Lipinski definition) is 2. The van der Waals surface area contributed by atoms with E-state index in [1.165, 1.54) is 13.1 Å². The van der Waals surface area contributed by atoms with Gasteiger partial charge in [0.05, 0.1) is 4.91 Å². The van der Waals surface area contributed by atoms with E-state index in [4.69, 9.17) is 4.52 Å². The zero-order valence-corrected chi connectivity index (χ0v) is 15.8. The van der Waals surface area contributed by atoms with E-state index in [0.29, 0.717) is 12.2 Å². The molecule has 2 N–H and O–H groups in total. The van der Waals surface area contributed by atoms with Crippen molar-refractivity contribution in [2.75, 3.05) is 18.1 Å². The minimum atomic E-state index is -0.602. The molecule has 1 heterocycles. The second kappa shape index (κ2) is 8.66. The first-order valence-corrected chi connectivity index (χ1v) is 9.50. The van der Waals surface area contributed by atoms with Crippen LogP contribution in [0.25, 0.3) is 0 Å².